The maximum Gasteiger partial charge on any atom is 0.0716 e. The van der Waals surface area contributed by atoms with E-state index in [9.17, 15) is 0 Å². The number of nitrogens with zero attached hydrogens (tertiary/aromatic N) is 1. The highest BCUT2D eigenvalue weighted by Crippen LogP contribution is 2.34. The summed E-state index contributed by atoms with van der Waals surface area (Å²) >= 11 is 1.83. The number of thiophene rings is 1. The van der Waals surface area contributed by atoms with Crippen molar-refractivity contribution in [2.75, 3.05) is 0 Å². The van der Waals surface area contributed by atoms with Crippen LogP contribution in [0.25, 0.3) is 31.4 Å². The quantitative estimate of drug-likeness (QED) is 0.463. The van der Waals surface area contributed by atoms with Gasteiger partial charge in [-0.1, -0.05) is 48.5 Å². The van der Waals surface area contributed by atoms with Crippen LogP contribution in [-0.4, -0.2) is 4.98 Å². The van der Waals surface area contributed by atoms with Crippen LogP contribution in [0, 0.1) is 0 Å². The largest absolute Gasteiger partial charge is 0.256 e. The molecule has 0 radical (unpaired) electrons. The Hall–Kier alpha value is -2.19. The topological polar surface area (TPSA) is 12.9 Å². The number of pyridine rings is 1. The lowest BCUT2D eigenvalue weighted by Crippen LogP contribution is -1.81. The van der Waals surface area contributed by atoms with Gasteiger partial charge in [-0.25, -0.2) is 0 Å². The van der Waals surface area contributed by atoms with E-state index in [-0.39, 0.29) is 0 Å². The van der Waals surface area contributed by atoms with E-state index in [2.05, 4.69) is 47.4 Å². The molecule has 4 rings (SSSR count). The third kappa shape index (κ3) is 1.72. The van der Waals surface area contributed by atoms with Crippen LogP contribution in [0.4, 0.5) is 0 Å². The van der Waals surface area contributed by atoms with Crippen molar-refractivity contribution >= 4 is 31.5 Å². The van der Waals surface area contributed by atoms with Gasteiger partial charge >= 0.3 is 0 Å². The van der Waals surface area contributed by atoms with Gasteiger partial charge in [-0.2, -0.15) is 0 Å². The lowest BCUT2D eigenvalue weighted by atomic mass is 10.1. The van der Waals surface area contributed by atoms with Crippen molar-refractivity contribution in [1.82, 2.24) is 4.98 Å². The van der Waals surface area contributed by atoms with Crippen molar-refractivity contribution in [3.8, 4) is 11.3 Å². The molecule has 0 aliphatic carbocycles. The monoisotopic (exact) mass is 261 g/mol. The molecule has 0 bridgehead atoms. The maximum atomic E-state index is 4.61. The molecule has 0 aliphatic rings. The van der Waals surface area contributed by atoms with E-state index in [4.69, 9.17) is 0 Å². The number of hydrogen-bond acceptors (Lipinski definition) is 2. The minimum absolute atomic E-state index is 1.04. The second kappa shape index (κ2) is 4.18. The van der Waals surface area contributed by atoms with Gasteiger partial charge in [0.25, 0.3) is 0 Å². The third-order valence-corrected chi connectivity index (χ3v) is 4.47. The first-order valence-corrected chi connectivity index (χ1v) is 7.06. The SMILES string of the molecule is c1ccc(-c2cc3sc4ccccc4c3cn2)cc1. The molecule has 2 aromatic carbocycles. The molecular weight excluding hydrogens is 250 g/mol. The van der Waals surface area contributed by atoms with Gasteiger partial charge in [-0.05, 0) is 12.1 Å². The van der Waals surface area contributed by atoms with Crippen LogP contribution in [0.5, 0.6) is 0 Å². The Balaban J connectivity index is 1.99. The van der Waals surface area contributed by atoms with Crippen molar-refractivity contribution in [2.45, 2.75) is 0 Å². The summed E-state index contributed by atoms with van der Waals surface area (Å²) in [6, 6.07) is 21.0. The molecule has 1 nitrogen and oxygen atoms in total. The first-order valence-electron chi connectivity index (χ1n) is 6.24. The molecule has 19 heavy (non-hydrogen) atoms. The third-order valence-electron chi connectivity index (χ3n) is 3.33. The molecule has 0 atom stereocenters. The number of hydrogen-bond donors (Lipinski definition) is 0. The van der Waals surface area contributed by atoms with Gasteiger partial charge in [-0.3, -0.25) is 4.98 Å². The summed E-state index contributed by atoms with van der Waals surface area (Å²) in [5.41, 5.74) is 2.21. The molecule has 0 spiro atoms. The number of aromatic nitrogens is 1. The van der Waals surface area contributed by atoms with Crippen LogP contribution in [0.1, 0.15) is 0 Å². The maximum absolute atomic E-state index is 4.61. The fourth-order valence-electron chi connectivity index (χ4n) is 2.39. The van der Waals surface area contributed by atoms with E-state index in [1.54, 1.807) is 0 Å². The summed E-state index contributed by atoms with van der Waals surface area (Å²) < 4.78 is 2.62. The average Bonchev–Trinajstić information content (AvgIpc) is 2.86. The zero-order valence-electron chi connectivity index (χ0n) is 10.2. The van der Waals surface area contributed by atoms with Crippen LogP contribution < -0.4 is 0 Å². The molecule has 0 amide bonds. The van der Waals surface area contributed by atoms with E-state index in [0.29, 0.717) is 0 Å². The lowest BCUT2D eigenvalue weighted by Gasteiger charge is -2.00. The van der Waals surface area contributed by atoms with Crippen molar-refractivity contribution in [2.24, 2.45) is 0 Å². The summed E-state index contributed by atoms with van der Waals surface area (Å²) in [4.78, 5) is 4.61. The molecule has 0 aliphatic heterocycles. The van der Waals surface area contributed by atoms with Gasteiger partial charge < -0.3 is 0 Å². The van der Waals surface area contributed by atoms with Crippen molar-refractivity contribution in [3.05, 3.63) is 66.9 Å². The summed E-state index contributed by atoms with van der Waals surface area (Å²) in [6.45, 7) is 0. The second-order valence-electron chi connectivity index (χ2n) is 4.53. The minimum Gasteiger partial charge on any atom is -0.256 e. The summed E-state index contributed by atoms with van der Waals surface area (Å²) in [5.74, 6) is 0. The lowest BCUT2D eigenvalue weighted by molar-refractivity contribution is 1.36. The average molecular weight is 261 g/mol. The van der Waals surface area contributed by atoms with E-state index in [0.717, 1.165) is 5.69 Å². The number of fused-ring (bicyclic) bond motifs is 3. The molecule has 0 N–H and O–H groups in total. The standard InChI is InChI=1S/C17H11NS/c1-2-6-12(7-3-1)15-10-17-14(11-18-15)13-8-4-5-9-16(13)19-17/h1-11H. The molecule has 0 saturated heterocycles. The van der Waals surface area contributed by atoms with E-state index < -0.39 is 0 Å². The highest BCUT2D eigenvalue weighted by Gasteiger charge is 2.06. The number of rotatable bonds is 1. The van der Waals surface area contributed by atoms with E-state index in [1.807, 2.05) is 35.7 Å². The Morgan fingerprint density at radius 1 is 0.737 bits per heavy atom. The van der Waals surface area contributed by atoms with Gasteiger partial charge in [0.1, 0.15) is 0 Å². The van der Waals surface area contributed by atoms with Gasteiger partial charge in [-0.15, -0.1) is 11.3 Å². The fourth-order valence-corrected chi connectivity index (χ4v) is 3.50. The molecule has 2 heteroatoms. The van der Waals surface area contributed by atoms with Gasteiger partial charge in [0.05, 0.1) is 5.69 Å². The second-order valence-corrected chi connectivity index (χ2v) is 5.61. The first kappa shape index (κ1) is 10.7. The predicted octanol–water partition coefficient (Wildman–Crippen LogP) is 5.12. The molecule has 90 valence electrons. The van der Waals surface area contributed by atoms with Crippen LogP contribution in [0.2, 0.25) is 0 Å². The molecule has 0 saturated carbocycles. The van der Waals surface area contributed by atoms with Crippen LogP contribution in [0.3, 0.4) is 0 Å². The van der Waals surface area contributed by atoms with Crippen molar-refractivity contribution < 1.29 is 0 Å². The highest BCUT2D eigenvalue weighted by atomic mass is 32.1. The minimum atomic E-state index is 1.04. The van der Waals surface area contributed by atoms with Crippen molar-refractivity contribution in [1.29, 1.82) is 0 Å². The zero-order valence-corrected chi connectivity index (χ0v) is 11.0. The Morgan fingerprint density at radius 2 is 1.53 bits per heavy atom. The summed E-state index contributed by atoms with van der Waals surface area (Å²) in [7, 11) is 0. The van der Waals surface area contributed by atoms with E-state index in [1.165, 1.54) is 25.7 Å². The van der Waals surface area contributed by atoms with Crippen LogP contribution in [0.15, 0.2) is 66.9 Å². The number of benzene rings is 2. The van der Waals surface area contributed by atoms with Crippen LogP contribution >= 0.6 is 11.3 Å². The molecular formula is C17H11NS. The zero-order chi connectivity index (χ0) is 12.7. The Labute approximate surface area is 115 Å². The predicted molar refractivity (Wildman–Crippen MR) is 82.6 cm³/mol. The molecule has 0 unspecified atom stereocenters. The summed E-state index contributed by atoms with van der Waals surface area (Å²) in [6.07, 6.45) is 2.00. The van der Waals surface area contributed by atoms with Gasteiger partial charge in [0.2, 0.25) is 0 Å². The van der Waals surface area contributed by atoms with Crippen molar-refractivity contribution in [3.63, 3.8) is 0 Å². The molecule has 4 aromatic rings. The Kier molecular flexibility index (Phi) is 2.35. The highest BCUT2D eigenvalue weighted by molar-refractivity contribution is 7.25. The Morgan fingerprint density at radius 3 is 2.42 bits per heavy atom. The smallest absolute Gasteiger partial charge is 0.0716 e. The molecule has 0 fully saturated rings. The normalized spacial score (nSPS) is 11.2. The summed E-state index contributed by atoms with van der Waals surface area (Å²) in [5, 5.41) is 2.55. The first-order chi connectivity index (χ1) is 9.42. The fraction of sp³-hybridized carbons (Fsp3) is 0. The molecule has 2 heterocycles. The van der Waals surface area contributed by atoms with Gasteiger partial charge in [0, 0.05) is 31.9 Å². The van der Waals surface area contributed by atoms with Gasteiger partial charge in [0.15, 0.2) is 0 Å². The Bertz CT molecular complexity index is 862. The molecule has 2 aromatic heterocycles. The van der Waals surface area contributed by atoms with E-state index >= 15 is 0 Å². The van der Waals surface area contributed by atoms with Crippen LogP contribution in [-0.2, 0) is 0 Å².